The molecule has 1 atom stereocenters. The van der Waals surface area contributed by atoms with Crippen LogP contribution in [0, 0.1) is 0 Å². The molecule has 6 aliphatic heterocycles. The Morgan fingerprint density at radius 1 is 0.259 bits per heavy atom. The predicted octanol–water partition coefficient (Wildman–Crippen LogP) is 15.2. The van der Waals surface area contributed by atoms with E-state index in [0.29, 0.717) is 0 Å². The number of fused-ring (bicyclic) bond motifs is 20. The Kier molecular flexibility index (Phi) is 7.80. The molecule has 0 bridgehead atoms. The largest absolute Gasteiger partial charge is 0.554 e. The van der Waals surface area contributed by atoms with Gasteiger partial charge in [-0.05, 0) is 77.5 Å². The molecule has 0 fully saturated rings. The van der Waals surface area contributed by atoms with Gasteiger partial charge in [0.05, 0.1) is 66.6 Å². The number of hydrogen-bond donors (Lipinski definition) is 0. The van der Waals surface area contributed by atoms with E-state index in [1.54, 1.807) is 0 Å². The second-order valence-electron chi connectivity index (χ2n) is 22.5. The molecule has 0 radical (unpaired) electrons. The van der Waals surface area contributed by atoms with Gasteiger partial charge < -0.3 is 0 Å². The molecule has 12 aromatic carbocycles. The summed E-state index contributed by atoms with van der Waals surface area (Å²) in [6, 6.07) is 101. The quantitative estimate of drug-likeness (QED) is 0.156. The molecular weight excluding hydrogens is 981 g/mol. The number of rotatable bonds is 4. The van der Waals surface area contributed by atoms with E-state index in [9.17, 15) is 0 Å². The molecular formula is C77H44N4+2. The van der Waals surface area contributed by atoms with Crippen LogP contribution in [0.2, 0.25) is 0 Å². The first-order valence-electron chi connectivity index (χ1n) is 28.3. The Morgan fingerprint density at radius 3 is 1.26 bits per heavy atom. The lowest BCUT2D eigenvalue weighted by Crippen LogP contribution is -2.71. The first-order chi connectivity index (χ1) is 40.3. The third-order valence-corrected chi connectivity index (χ3v) is 18.8. The van der Waals surface area contributed by atoms with Crippen molar-refractivity contribution >= 4 is 110 Å². The molecule has 0 saturated carbocycles. The minimum atomic E-state index is -1.15. The number of hydrogen-bond acceptors (Lipinski definition) is 0. The van der Waals surface area contributed by atoms with Crippen molar-refractivity contribution in [1.29, 1.82) is 0 Å². The summed E-state index contributed by atoms with van der Waals surface area (Å²) < 4.78 is 11.5. The normalized spacial score (nSPS) is 16.9. The van der Waals surface area contributed by atoms with Gasteiger partial charge in [0.15, 0.2) is 0 Å². The van der Waals surface area contributed by atoms with Crippen molar-refractivity contribution in [3.8, 4) is 0 Å². The van der Waals surface area contributed by atoms with E-state index in [4.69, 9.17) is 0 Å². The predicted molar refractivity (Wildman–Crippen MR) is 331 cm³/mol. The average molecular weight is 1030 g/mol. The van der Waals surface area contributed by atoms with E-state index in [2.05, 4.69) is 285 Å². The zero-order chi connectivity index (χ0) is 52.4. The lowest BCUT2D eigenvalue weighted by atomic mass is 9.87. The van der Waals surface area contributed by atoms with Gasteiger partial charge in [-0.1, -0.05) is 264 Å². The van der Waals surface area contributed by atoms with Crippen molar-refractivity contribution in [3.05, 3.63) is 334 Å². The Morgan fingerprint density at radius 2 is 0.679 bits per heavy atom. The highest BCUT2D eigenvalue weighted by Crippen LogP contribution is 2.62. The first kappa shape index (κ1) is 42.4. The highest BCUT2D eigenvalue weighted by molar-refractivity contribution is 6.40. The fourth-order valence-corrected chi connectivity index (χ4v) is 16.0. The fraction of sp³-hybridized carbons (Fsp3) is 0.0130. The van der Waals surface area contributed by atoms with Crippen LogP contribution in [0.3, 0.4) is 0 Å². The SMILES string of the molecule is c1ccc(C2=C3c4c(ccc5ccccc45)C4=[N+]3C35n6c2c2ccc7ccccc7c2c6C(c2ccccc2)=C2c6ccc7ccccc7c6C(=[N+]23)C(c2ccccc2)=c2c3ccc6ccccc6c3c(n25)=C4c2ccccc2)cc1. The topological polar surface area (TPSA) is 15.9 Å². The Balaban J connectivity index is 1.19. The summed E-state index contributed by atoms with van der Waals surface area (Å²) in [7, 11) is 0. The van der Waals surface area contributed by atoms with Crippen LogP contribution in [-0.2, 0) is 5.91 Å². The molecule has 1 spiro atoms. The van der Waals surface area contributed by atoms with Gasteiger partial charge in [0.25, 0.3) is 0 Å². The average Bonchev–Trinajstić information content (AvgIpc) is 1.53. The summed E-state index contributed by atoms with van der Waals surface area (Å²) in [5.74, 6) is -1.15. The number of benzene rings is 12. The van der Waals surface area contributed by atoms with Gasteiger partial charge in [-0.25, -0.2) is 0 Å². The summed E-state index contributed by atoms with van der Waals surface area (Å²) in [6.45, 7) is 0. The minimum Gasteiger partial charge on any atom is -0.197 e. The van der Waals surface area contributed by atoms with Crippen LogP contribution in [0.4, 0.5) is 0 Å². The number of nitrogens with zero attached hydrogens (tertiary/aromatic N) is 4. The van der Waals surface area contributed by atoms with E-state index in [1.165, 1.54) is 176 Å². The minimum absolute atomic E-state index is 1.15. The summed E-state index contributed by atoms with van der Waals surface area (Å²) in [5, 5.41) is 17.2. The van der Waals surface area contributed by atoms with Crippen LogP contribution in [0.5, 0.6) is 0 Å². The van der Waals surface area contributed by atoms with Crippen LogP contribution in [-0.4, -0.2) is 29.7 Å². The van der Waals surface area contributed by atoms with Crippen molar-refractivity contribution in [2.75, 3.05) is 0 Å². The molecule has 81 heavy (non-hydrogen) atoms. The molecule has 20 rings (SSSR count). The first-order valence-corrected chi connectivity index (χ1v) is 28.3. The molecule has 4 heteroatoms. The third kappa shape index (κ3) is 4.90. The maximum atomic E-state index is 2.88. The van der Waals surface area contributed by atoms with Crippen molar-refractivity contribution < 1.29 is 9.15 Å². The molecule has 2 aromatic heterocycles. The zero-order valence-corrected chi connectivity index (χ0v) is 43.7. The van der Waals surface area contributed by atoms with Gasteiger partial charge in [0, 0.05) is 21.5 Å². The van der Waals surface area contributed by atoms with E-state index in [1.807, 2.05) is 0 Å². The van der Waals surface area contributed by atoms with E-state index in [0.717, 1.165) is 0 Å². The molecule has 8 heterocycles. The van der Waals surface area contributed by atoms with Crippen molar-refractivity contribution in [2.45, 2.75) is 5.91 Å². The van der Waals surface area contributed by atoms with Crippen molar-refractivity contribution in [2.24, 2.45) is 0 Å². The highest BCUT2D eigenvalue weighted by Gasteiger charge is 2.76. The molecule has 1 unspecified atom stereocenters. The smallest absolute Gasteiger partial charge is 0.197 e. The maximum Gasteiger partial charge on any atom is 0.554 e. The van der Waals surface area contributed by atoms with Crippen LogP contribution in [0.15, 0.2) is 267 Å². The zero-order valence-electron chi connectivity index (χ0n) is 43.7. The lowest BCUT2D eigenvalue weighted by Gasteiger charge is -2.41. The fourth-order valence-electron chi connectivity index (χ4n) is 16.0. The van der Waals surface area contributed by atoms with E-state index in [-0.39, 0.29) is 0 Å². The second-order valence-corrected chi connectivity index (χ2v) is 22.5. The highest BCUT2D eigenvalue weighted by atomic mass is 15.6. The Bertz CT molecular complexity index is 5590. The van der Waals surface area contributed by atoms with Crippen molar-refractivity contribution in [1.82, 2.24) is 9.13 Å². The van der Waals surface area contributed by atoms with Crippen molar-refractivity contribution in [3.63, 3.8) is 0 Å². The van der Waals surface area contributed by atoms with E-state index < -0.39 is 5.91 Å². The van der Waals surface area contributed by atoms with Gasteiger partial charge in [-0.2, -0.15) is 9.13 Å². The molecule has 0 N–H and O–H groups in total. The second kappa shape index (κ2) is 14.9. The monoisotopic (exact) mass is 1020 g/mol. The summed E-state index contributed by atoms with van der Waals surface area (Å²) in [5.41, 5.74) is 21.9. The van der Waals surface area contributed by atoms with Gasteiger partial charge in [-0.15, -0.1) is 0 Å². The van der Waals surface area contributed by atoms with Gasteiger partial charge in [0.1, 0.15) is 0 Å². The van der Waals surface area contributed by atoms with Crippen LogP contribution in [0.25, 0.3) is 98.3 Å². The number of aromatic nitrogens is 2. The molecule has 6 aliphatic rings. The Labute approximate surface area is 464 Å². The maximum absolute atomic E-state index is 2.88. The molecule has 0 saturated heterocycles. The van der Waals surface area contributed by atoms with E-state index >= 15 is 0 Å². The van der Waals surface area contributed by atoms with Crippen LogP contribution in [0.1, 0.15) is 55.9 Å². The standard InChI is InChI=1S/C77H44N4/c1-5-25-49(26-6-1)61-69-57-41-37-46-22-14-18-34-54(46)66(57)74-63(51-29-9-3-10-30-51)71-59-43-39-48-24-16-20-36-56(48)68(59)76-64(52-31-11-4-12-32-52)72-60-44-40-47-23-15-19-35-55(47)67(60)75-62(50-27-7-2-8-28-50)70-58-42-38-45-21-13-17-33-53(45)65(58)73(61)79(70)77(78(69)74,80(71)76)81(72)75/h1-44H/q+2. The van der Waals surface area contributed by atoms with Gasteiger partial charge in [-0.3, -0.25) is 0 Å². The Hall–Kier alpha value is -10.7. The van der Waals surface area contributed by atoms with Crippen LogP contribution >= 0.6 is 0 Å². The van der Waals surface area contributed by atoms with Gasteiger partial charge >= 0.3 is 5.91 Å². The molecule has 0 aliphatic carbocycles. The summed E-state index contributed by atoms with van der Waals surface area (Å²) >= 11 is 0. The lowest BCUT2D eigenvalue weighted by molar-refractivity contribution is -0.805. The molecule has 370 valence electrons. The summed E-state index contributed by atoms with van der Waals surface area (Å²) in [4.78, 5) is 0. The van der Waals surface area contributed by atoms with Gasteiger partial charge in [0.2, 0.25) is 22.8 Å². The third-order valence-electron chi connectivity index (χ3n) is 18.8. The molecule has 14 aromatic rings. The summed E-state index contributed by atoms with van der Waals surface area (Å²) in [6.07, 6.45) is 0. The van der Waals surface area contributed by atoms with Crippen LogP contribution < -0.4 is 10.7 Å². The molecule has 4 nitrogen and oxygen atoms in total. The molecule has 0 amide bonds.